The molecule has 228 valence electrons. The van der Waals surface area contributed by atoms with Crippen molar-refractivity contribution < 1.29 is 4.79 Å². The minimum atomic E-state index is -0.695. The van der Waals surface area contributed by atoms with Crippen molar-refractivity contribution in [1.29, 1.82) is 5.26 Å². The molecule has 6 rings (SSSR count). The number of carbonyl (C=O) groups excluding carboxylic acids is 1. The number of benzene rings is 2. The smallest absolute Gasteiger partial charge is 0.271 e. The lowest BCUT2D eigenvalue weighted by molar-refractivity contribution is 0.0996. The molecule has 0 bridgehead atoms. The molecule has 0 unspecified atom stereocenters. The van der Waals surface area contributed by atoms with Crippen molar-refractivity contribution in [2.45, 2.75) is 25.9 Å². The third-order valence-electron chi connectivity index (χ3n) is 6.65. The zero-order valence-corrected chi connectivity index (χ0v) is 27.6. The van der Waals surface area contributed by atoms with Crippen molar-refractivity contribution >= 4 is 97.8 Å². The van der Waals surface area contributed by atoms with E-state index in [2.05, 4.69) is 30.1 Å². The number of nitrogens with two attached hydrogens (primary N) is 1. The van der Waals surface area contributed by atoms with Crippen molar-refractivity contribution in [3.8, 4) is 6.07 Å². The van der Waals surface area contributed by atoms with Crippen molar-refractivity contribution in [1.82, 2.24) is 39.5 Å². The van der Waals surface area contributed by atoms with Crippen LogP contribution in [0.5, 0.6) is 0 Å². The van der Waals surface area contributed by atoms with Crippen LogP contribution in [0.1, 0.15) is 53.2 Å². The van der Waals surface area contributed by atoms with Crippen LogP contribution in [0.2, 0.25) is 30.4 Å². The van der Waals surface area contributed by atoms with E-state index in [4.69, 9.17) is 75.3 Å². The van der Waals surface area contributed by atoms with Crippen LogP contribution in [0, 0.1) is 11.3 Å². The molecule has 0 saturated carbocycles. The van der Waals surface area contributed by atoms with Gasteiger partial charge in [-0.1, -0.05) is 81.7 Å². The minimum absolute atomic E-state index is 0.0288. The maximum absolute atomic E-state index is 11.6. The van der Waals surface area contributed by atoms with Gasteiger partial charge in [0.25, 0.3) is 5.91 Å². The van der Waals surface area contributed by atoms with E-state index in [-0.39, 0.29) is 33.8 Å². The van der Waals surface area contributed by atoms with Gasteiger partial charge in [0.05, 0.1) is 24.5 Å². The first-order chi connectivity index (χ1) is 21.4. The first-order valence-corrected chi connectivity index (χ1v) is 15.1. The molecule has 0 fully saturated rings. The van der Waals surface area contributed by atoms with Crippen molar-refractivity contribution in [2.75, 3.05) is 0 Å². The van der Waals surface area contributed by atoms with Crippen LogP contribution in [-0.4, -0.2) is 45.4 Å². The number of primary amides is 1. The largest absolute Gasteiger partial charge is 0.364 e. The van der Waals surface area contributed by atoms with E-state index in [9.17, 15) is 10.1 Å². The van der Waals surface area contributed by atoms with Crippen molar-refractivity contribution in [3.63, 3.8) is 0 Å². The molecule has 0 radical (unpaired) electrons. The van der Waals surface area contributed by atoms with Crippen LogP contribution < -0.4 is 5.73 Å². The Morgan fingerprint density at radius 1 is 0.778 bits per heavy atom. The molecule has 2 aromatic carbocycles. The molecule has 17 heteroatoms. The number of nitriles is 1. The Labute approximate surface area is 285 Å². The molecule has 1 amide bonds. The summed E-state index contributed by atoms with van der Waals surface area (Å²) in [5.41, 5.74) is 8.63. The Kier molecular flexibility index (Phi) is 9.65. The summed E-state index contributed by atoms with van der Waals surface area (Å²) in [6, 6.07) is 11.8. The van der Waals surface area contributed by atoms with Gasteiger partial charge in [0, 0.05) is 20.1 Å². The Morgan fingerprint density at radius 3 is 1.71 bits per heavy atom. The molecule has 45 heavy (non-hydrogen) atoms. The van der Waals surface area contributed by atoms with E-state index in [0.29, 0.717) is 42.4 Å². The zero-order chi connectivity index (χ0) is 32.6. The van der Waals surface area contributed by atoms with E-state index < -0.39 is 5.91 Å². The summed E-state index contributed by atoms with van der Waals surface area (Å²) in [5.74, 6) is -0.695. The van der Waals surface area contributed by atoms with E-state index >= 15 is 0 Å². The van der Waals surface area contributed by atoms with Crippen LogP contribution in [0.25, 0.3) is 22.3 Å². The zero-order valence-electron chi connectivity index (χ0n) is 23.1. The fraction of sp³-hybridized carbons (Fsp3) is 0.143. The van der Waals surface area contributed by atoms with Crippen molar-refractivity contribution in [3.05, 3.63) is 102 Å². The van der Waals surface area contributed by atoms with Gasteiger partial charge in [-0.3, -0.25) is 4.79 Å². The second-order valence-electron chi connectivity index (χ2n) is 9.48. The Bertz CT molecular complexity index is 2140. The maximum atomic E-state index is 11.6. The molecule has 0 spiro atoms. The fourth-order valence-electron chi connectivity index (χ4n) is 4.50. The lowest BCUT2D eigenvalue weighted by Gasteiger charge is -2.15. The molecule has 0 aliphatic rings. The molecule has 0 saturated heterocycles. The Balaban J connectivity index is 0.000000178. The highest BCUT2D eigenvalue weighted by Gasteiger charge is 2.23. The average Bonchev–Trinajstić information content (AvgIpc) is 3.55. The average molecular weight is 723 g/mol. The third-order valence-corrected chi connectivity index (χ3v) is 8.13. The quantitative estimate of drug-likeness (QED) is 0.189. The number of aromatic nitrogens is 8. The summed E-state index contributed by atoms with van der Waals surface area (Å²) in [5, 5.41) is 20.2. The Hall–Kier alpha value is -3.76. The molecule has 4 heterocycles. The fourth-order valence-corrected chi connectivity index (χ4v) is 5.89. The second kappa shape index (κ2) is 13.3. The van der Waals surface area contributed by atoms with Gasteiger partial charge >= 0.3 is 0 Å². The first kappa shape index (κ1) is 32.6. The number of rotatable bonds is 5. The van der Waals surface area contributed by atoms with Crippen LogP contribution in [-0.2, 0) is 0 Å². The first-order valence-electron chi connectivity index (χ1n) is 12.8. The van der Waals surface area contributed by atoms with Crippen molar-refractivity contribution in [2.24, 2.45) is 5.73 Å². The van der Waals surface area contributed by atoms with E-state index in [1.54, 1.807) is 35.0 Å². The van der Waals surface area contributed by atoms with Gasteiger partial charge in [-0.2, -0.15) is 15.5 Å². The maximum Gasteiger partial charge on any atom is 0.271 e. The lowest BCUT2D eigenvalue weighted by Crippen LogP contribution is -2.14. The standard InChI is InChI=1S/C14H10Cl3N5O.C14H8Cl3N5/c1-6(8-3-2-7(15)4-9(8)16)22-14-12(11(21-22)13(18)23)19-5-10(17)20-14;1-7(9-3-2-8(15)4-10(9)16)22-14-13(11(5-18)21-22)19-6-12(17)20-14/h2-6H,1H3,(H2,18,23);2-4,6-7H,1H3/t6-;7-/m11/s1. The monoisotopic (exact) mass is 720 g/mol. The summed E-state index contributed by atoms with van der Waals surface area (Å²) in [7, 11) is 0. The van der Waals surface area contributed by atoms with Gasteiger partial charge in [-0.25, -0.2) is 29.3 Å². The summed E-state index contributed by atoms with van der Waals surface area (Å²) in [4.78, 5) is 28.2. The topological polar surface area (TPSA) is 154 Å². The summed E-state index contributed by atoms with van der Waals surface area (Å²) < 4.78 is 3.10. The van der Waals surface area contributed by atoms with Gasteiger partial charge in [-0.05, 0) is 49.2 Å². The molecular weight excluding hydrogens is 705 g/mol. The number of halogens is 6. The second-order valence-corrected chi connectivity index (χ2v) is 11.9. The highest BCUT2D eigenvalue weighted by molar-refractivity contribution is 6.35. The molecule has 4 aromatic heterocycles. The Morgan fingerprint density at radius 2 is 1.24 bits per heavy atom. The number of nitrogens with zero attached hydrogens (tertiary/aromatic N) is 9. The van der Waals surface area contributed by atoms with Gasteiger partial charge in [0.15, 0.2) is 22.7 Å². The highest BCUT2D eigenvalue weighted by Crippen LogP contribution is 2.32. The number of fused-ring (bicyclic) bond motifs is 2. The van der Waals surface area contributed by atoms with Crippen LogP contribution in [0.4, 0.5) is 0 Å². The number of carbonyl (C=O) groups is 1. The minimum Gasteiger partial charge on any atom is -0.364 e. The third kappa shape index (κ3) is 6.63. The normalized spacial score (nSPS) is 12.4. The molecule has 2 atom stereocenters. The van der Waals surface area contributed by atoms with E-state index in [1.807, 2.05) is 26.0 Å². The SMILES string of the molecule is C[C@H](c1ccc(Cl)cc1Cl)n1nc(C#N)c2ncc(Cl)nc21.C[C@H](c1ccc(Cl)cc1Cl)n1nc(C(N)=O)c2ncc(Cl)nc21. The van der Waals surface area contributed by atoms with Gasteiger partial charge in [-0.15, -0.1) is 0 Å². The molecule has 6 aromatic rings. The number of amides is 1. The van der Waals surface area contributed by atoms with Crippen LogP contribution >= 0.6 is 69.6 Å². The molecular formula is C28H18Cl6N10O. The highest BCUT2D eigenvalue weighted by atomic mass is 35.5. The molecule has 2 N–H and O–H groups in total. The van der Waals surface area contributed by atoms with Gasteiger partial charge < -0.3 is 5.73 Å². The van der Waals surface area contributed by atoms with Gasteiger partial charge in [0.1, 0.15) is 27.4 Å². The molecule has 11 nitrogen and oxygen atoms in total. The van der Waals surface area contributed by atoms with Crippen LogP contribution in [0.3, 0.4) is 0 Å². The summed E-state index contributed by atoms with van der Waals surface area (Å²) in [6.07, 6.45) is 2.72. The lowest BCUT2D eigenvalue weighted by atomic mass is 10.1. The molecule has 0 aliphatic heterocycles. The van der Waals surface area contributed by atoms with E-state index in [0.717, 1.165) is 11.1 Å². The van der Waals surface area contributed by atoms with Crippen LogP contribution in [0.15, 0.2) is 48.8 Å². The summed E-state index contributed by atoms with van der Waals surface area (Å²) in [6.45, 7) is 3.75. The summed E-state index contributed by atoms with van der Waals surface area (Å²) >= 11 is 36.1. The predicted octanol–water partition coefficient (Wildman–Crippen LogP) is 7.76. The van der Waals surface area contributed by atoms with Gasteiger partial charge in [0.2, 0.25) is 0 Å². The molecule has 0 aliphatic carbocycles. The van der Waals surface area contributed by atoms with E-state index in [1.165, 1.54) is 17.1 Å². The predicted molar refractivity (Wildman–Crippen MR) is 174 cm³/mol. The number of hydrogen-bond acceptors (Lipinski definition) is 8. The number of hydrogen-bond donors (Lipinski definition) is 1.